The van der Waals surface area contributed by atoms with Gasteiger partial charge in [-0.1, -0.05) is 13.8 Å². The molecule has 0 aromatic carbocycles. The van der Waals surface area contributed by atoms with Crippen LogP contribution in [0.1, 0.15) is 46.0 Å². The Morgan fingerprint density at radius 2 is 2.04 bits per heavy atom. The zero-order chi connectivity index (χ0) is 19.4. The lowest BCUT2D eigenvalue weighted by Crippen LogP contribution is -2.44. The summed E-state index contributed by atoms with van der Waals surface area (Å²) in [4.78, 5) is 28.4. The van der Waals surface area contributed by atoms with Gasteiger partial charge in [0.05, 0.1) is 11.2 Å². The van der Waals surface area contributed by atoms with Crippen molar-refractivity contribution in [2.75, 3.05) is 0 Å². The number of nitrogens with zero attached hydrogens (tertiary/aromatic N) is 2. The molecule has 3 N–H and O–H groups in total. The van der Waals surface area contributed by atoms with Gasteiger partial charge in [0, 0.05) is 0 Å². The van der Waals surface area contributed by atoms with Crippen LogP contribution in [0.5, 0.6) is 0 Å². The highest BCUT2D eigenvalue weighted by atomic mass is 32.2. The van der Waals surface area contributed by atoms with E-state index in [1.807, 2.05) is 13.8 Å². The monoisotopic (exact) mass is 390 g/mol. The van der Waals surface area contributed by atoms with Crippen LogP contribution in [0.15, 0.2) is 14.8 Å². The fraction of sp³-hybridized carbons (Fsp3) is 0.667. The smallest absolute Gasteiger partial charge is 0.408 e. The Balaban J connectivity index is 3.02. The molecule has 1 heterocycles. The Morgan fingerprint density at radius 1 is 1.44 bits per heavy atom. The highest BCUT2D eigenvalue weighted by Crippen LogP contribution is 2.19. The van der Waals surface area contributed by atoms with Gasteiger partial charge in [0.25, 0.3) is 5.91 Å². The third-order valence-corrected chi connectivity index (χ3v) is 5.62. The minimum absolute atomic E-state index is 0.0959. The average Bonchev–Trinajstić information content (AvgIpc) is 2.82. The molecular formula is C15H26N4O4S2. The molecule has 0 fully saturated rings. The molecule has 0 radical (unpaired) electrons. The van der Waals surface area contributed by atoms with Gasteiger partial charge in [-0.05, 0) is 40.0 Å². The summed E-state index contributed by atoms with van der Waals surface area (Å²) in [6, 6.07) is -0.965. The molecule has 0 aliphatic carbocycles. The lowest BCUT2D eigenvalue weighted by atomic mass is 10.0. The van der Waals surface area contributed by atoms with Crippen LogP contribution >= 0.6 is 11.3 Å². The number of aryl methyl sites for hydroxylation is 1. The number of amides is 2. The summed E-state index contributed by atoms with van der Waals surface area (Å²) < 4.78 is 21.6. The normalized spacial score (nSPS) is 15.4. The molecule has 8 nitrogen and oxygen atoms in total. The van der Waals surface area contributed by atoms with Gasteiger partial charge in [-0.25, -0.2) is 19.1 Å². The van der Waals surface area contributed by atoms with Gasteiger partial charge < -0.3 is 10.1 Å². The number of hydrogen-bond acceptors (Lipinski definition) is 6. The molecule has 2 amide bonds. The summed E-state index contributed by atoms with van der Waals surface area (Å²) >= 11 is 1.11. The Labute approximate surface area is 152 Å². The number of rotatable bonds is 5. The molecule has 1 rings (SSSR count). The van der Waals surface area contributed by atoms with E-state index in [0.29, 0.717) is 11.4 Å². The summed E-state index contributed by atoms with van der Waals surface area (Å²) in [6.45, 7) is 10.7. The van der Waals surface area contributed by atoms with Crippen LogP contribution in [0.4, 0.5) is 4.79 Å². The second-order valence-electron chi connectivity index (χ2n) is 7.02. The van der Waals surface area contributed by atoms with Crippen LogP contribution in [-0.2, 0) is 19.4 Å². The van der Waals surface area contributed by atoms with Crippen LogP contribution in [0.25, 0.3) is 0 Å². The molecule has 1 aromatic rings. The van der Waals surface area contributed by atoms with Crippen molar-refractivity contribution in [3.63, 3.8) is 0 Å². The minimum Gasteiger partial charge on any atom is -0.444 e. The summed E-state index contributed by atoms with van der Waals surface area (Å²) in [5, 5.41) is 8.87. The van der Waals surface area contributed by atoms with E-state index < -0.39 is 33.6 Å². The van der Waals surface area contributed by atoms with E-state index in [1.54, 1.807) is 27.7 Å². The van der Waals surface area contributed by atoms with Gasteiger partial charge in [-0.2, -0.15) is 0 Å². The third-order valence-electron chi connectivity index (χ3n) is 2.81. The van der Waals surface area contributed by atoms with Crippen molar-refractivity contribution in [1.29, 1.82) is 0 Å². The van der Waals surface area contributed by atoms with E-state index in [0.717, 1.165) is 11.3 Å². The highest BCUT2D eigenvalue weighted by molar-refractivity contribution is 7.93. The number of thiazole rings is 1. The Morgan fingerprint density at radius 3 is 2.48 bits per heavy atom. The van der Waals surface area contributed by atoms with E-state index in [2.05, 4.69) is 14.7 Å². The summed E-state index contributed by atoms with van der Waals surface area (Å²) in [5.41, 5.74) is -0.700. The molecule has 25 heavy (non-hydrogen) atoms. The predicted octanol–water partition coefficient (Wildman–Crippen LogP) is 2.62. The zero-order valence-corrected chi connectivity index (χ0v) is 17.0. The van der Waals surface area contributed by atoms with Crippen molar-refractivity contribution >= 4 is 33.3 Å². The summed E-state index contributed by atoms with van der Waals surface area (Å²) in [7, 11) is -3.40. The second kappa shape index (κ2) is 8.24. The van der Waals surface area contributed by atoms with Gasteiger partial charge >= 0.3 is 6.09 Å². The van der Waals surface area contributed by atoms with Gasteiger partial charge in [0.15, 0.2) is 9.92 Å². The quantitative estimate of drug-likeness (QED) is 0.800. The maximum Gasteiger partial charge on any atom is 0.408 e. The van der Waals surface area contributed by atoms with Crippen molar-refractivity contribution < 1.29 is 18.5 Å². The van der Waals surface area contributed by atoms with Crippen molar-refractivity contribution in [3.8, 4) is 0 Å². The van der Waals surface area contributed by atoms with E-state index in [-0.39, 0.29) is 10.1 Å². The number of hydrogen-bond donors (Lipinski definition) is 2. The molecular weight excluding hydrogens is 364 g/mol. The number of ether oxygens (including phenoxy) is 1. The Kier molecular flexibility index (Phi) is 7.09. The first-order chi connectivity index (χ1) is 11.3. The molecule has 10 heteroatoms. The molecule has 2 atom stereocenters. The molecule has 1 aromatic heterocycles. The van der Waals surface area contributed by atoms with E-state index in [9.17, 15) is 13.8 Å². The van der Waals surface area contributed by atoms with Crippen molar-refractivity contribution in [2.45, 2.75) is 63.8 Å². The van der Waals surface area contributed by atoms with Crippen LogP contribution < -0.4 is 10.5 Å². The van der Waals surface area contributed by atoms with Gasteiger partial charge in [0.1, 0.15) is 15.9 Å². The second-order valence-corrected chi connectivity index (χ2v) is 10.3. The summed E-state index contributed by atoms with van der Waals surface area (Å²) in [5.74, 6) is -0.656. The largest absolute Gasteiger partial charge is 0.444 e. The van der Waals surface area contributed by atoms with E-state index in [4.69, 9.17) is 9.88 Å². The first kappa shape index (κ1) is 21.5. The van der Waals surface area contributed by atoms with Crippen LogP contribution in [0, 0.1) is 12.8 Å². The summed E-state index contributed by atoms with van der Waals surface area (Å²) in [6.07, 6.45) is 0.926. The SMILES string of the molecule is Cc1ncc(S(N)(=O)=NC(=O)[C@H](CC(C)C)NC(=O)OC(C)(C)C)s1. The molecule has 0 saturated carbocycles. The van der Waals surface area contributed by atoms with E-state index >= 15 is 0 Å². The number of carbonyl (C=O) groups is 2. The fourth-order valence-electron chi connectivity index (χ4n) is 1.86. The first-order valence-corrected chi connectivity index (χ1v) is 10.2. The number of nitrogens with one attached hydrogen (secondary N) is 1. The Bertz CT molecular complexity index is 743. The predicted molar refractivity (Wildman–Crippen MR) is 97.5 cm³/mol. The van der Waals surface area contributed by atoms with Gasteiger partial charge in [0.2, 0.25) is 0 Å². The lowest BCUT2D eigenvalue weighted by molar-refractivity contribution is -0.120. The molecule has 0 aliphatic heterocycles. The highest BCUT2D eigenvalue weighted by Gasteiger charge is 2.26. The topological polar surface area (TPSA) is 124 Å². The van der Waals surface area contributed by atoms with Crippen molar-refractivity contribution in [3.05, 3.63) is 11.2 Å². The molecule has 0 spiro atoms. The number of carbonyl (C=O) groups excluding carboxylic acids is 2. The van der Waals surface area contributed by atoms with Crippen molar-refractivity contribution in [2.24, 2.45) is 15.4 Å². The zero-order valence-electron chi connectivity index (χ0n) is 15.4. The van der Waals surface area contributed by atoms with Crippen molar-refractivity contribution in [1.82, 2.24) is 10.3 Å². The number of aromatic nitrogens is 1. The Hall–Kier alpha value is -1.52. The first-order valence-electron chi connectivity index (χ1n) is 7.81. The average molecular weight is 391 g/mol. The van der Waals surface area contributed by atoms with Crippen LogP contribution in [0.3, 0.4) is 0 Å². The van der Waals surface area contributed by atoms with Gasteiger partial charge in [-0.15, -0.1) is 15.7 Å². The lowest BCUT2D eigenvalue weighted by Gasteiger charge is -2.23. The van der Waals surface area contributed by atoms with Crippen LogP contribution in [0.2, 0.25) is 0 Å². The standard InChI is InChI=1S/C15H26N4O4S2/c1-9(2)7-11(18-14(21)23-15(4,5)6)13(20)19-25(16,22)12-8-17-10(3)24-12/h8-9,11H,7H2,1-6H3,(H,18,21)(H2,16,19,20,22)/t11-,25?/m0/s1. The number of alkyl carbamates (subject to hydrolysis) is 1. The number of nitrogens with two attached hydrogens (primary N) is 1. The fourth-order valence-corrected chi connectivity index (χ4v) is 4.00. The molecule has 0 saturated heterocycles. The maximum absolute atomic E-state index is 12.5. The minimum atomic E-state index is -3.40. The molecule has 0 aliphatic rings. The molecule has 142 valence electrons. The van der Waals surface area contributed by atoms with Crippen LogP contribution in [-0.4, -0.2) is 32.8 Å². The van der Waals surface area contributed by atoms with Gasteiger partial charge in [-0.3, -0.25) is 4.79 Å². The molecule has 0 bridgehead atoms. The maximum atomic E-state index is 12.5. The van der Waals surface area contributed by atoms with E-state index in [1.165, 1.54) is 6.20 Å². The molecule has 1 unspecified atom stereocenters. The third kappa shape index (κ3) is 7.49.